The summed E-state index contributed by atoms with van der Waals surface area (Å²) in [4.78, 5) is 25.1. The summed E-state index contributed by atoms with van der Waals surface area (Å²) in [5.41, 5.74) is 0. The van der Waals surface area contributed by atoms with Crippen LogP contribution in [0.1, 0.15) is 19.8 Å². The average molecular weight is 258 g/mol. The van der Waals surface area contributed by atoms with Crippen molar-refractivity contribution in [3.8, 4) is 0 Å². The first-order valence-corrected chi connectivity index (χ1v) is 6.44. The van der Waals surface area contributed by atoms with Gasteiger partial charge in [-0.1, -0.05) is 0 Å². The third-order valence-electron chi connectivity index (χ3n) is 2.93. The second kappa shape index (κ2) is 8.05. The highest BCUT2D eigenvalue weighted by atomic mass is 16.5. The van der Waals surface area contributed by atoms with Crippen LogP contribution >= 0.6 is 0 Å². The lowest BCUT2D eigenvalue weighted by atomic mass is 9.98. The normalized spacial score (nSPS) is 20.4. The Balaban J connectivity index is 2.34. The van der Waals surface area contributed by atoms with Crippen LogP contribution in [-0.2, 0) is 14.3 Å². The summed E-state index contributed by atoms with van der Waals surface area (Å²) in [5.74, 6) is -0.407. The van der Waals surface area contributed by atoms with E-state index in [1.54, 1.807) is 6.92 Å². The Bertz CT molecular complexity index is 283. The topological polar surface area (TPSA) is 78.9 Å². The molecule has 6 heteroatoms. The van der Waals surface area contributed by atoms with Crippen molar-refractivity contribution in [2.24, 2.45) is 5.92 Å². The van der Waals surface area contributed by atoms with E-state index in [0.29, 0.717) is 13.2 Å². The number of amides is 1. The van der Waals surface area contributed by atoms with Gasteiger partial charge in [-0.25, -0.2) is 0 Å². The molecule has 2 N–H and O–H groups in total. The van der Waals surface area contributed by atoms with Gasteiger partial charge in [0.1, 0.15) is 0 Å². The molecule has 1 atom stereocenters. The van der Waals surface area contributed by atoms with E-state index in [1.807, 2.05) is 4.90 Å². The van der Waals surface area contributed by atoms with Crippen LogP contribution in [-0.4, -0.2) is 61.3 Å². The smallest absolute Gasteiger partial charge is 0.310 e. The van der Waals surface area contributed by atoms with Crippen LogP contribution in [0.25, 0.3) is 0 Å². The number of ether oxygens (including phenoxy) is 1. The lowest BCUT2D eigenvalue weighted by Crippen LogP contribution is -2.45. The molecular formula is C12H22N2O4. The number of carbonyl (C=O) groups excluding carboxylic acids is 2. The molecule has 1 rings (SSSR count). The summed E-state index contributed by atoms with van der Waals surface area (Å²) in [6.07, 6.45) is 1.73. The van der Waals surface area contributed by atoms with E-state index < -0.39 is 0 Å². The van der Waals surface area contributed by atoms with Gasteiger partial charge < -0.3 is 15.2 Å². The predicted octanol–water partition coefficient (Wildman–Crippen LogP) is -0.630. The molecule has 1 aliphatic heterocycles. The zero-order chi connectivity index (χ0) is 13.4. The Morgan fingerprint density at radius 3 is 2.94 bits per heavy atom. The Morgan fingerprint density at radius 2 is 2.28 bits per heavy atom. The molecule has 0 aromatic heterocycles. The van der Waals surface area contributed by atoms with Crippen LogP contribution < -0.4 is 5.32 Å². The Labute approximate surface area is 107 Å². The van der Waals surface area contributed by atoms with Crippen molar-refractivity contribution >= 4 is 11.9 Å². The quantitative estimate of drug-likeness (QED) is 0.620. The van der Waals surface area contributed by atoms with Gasteiger partial charge in [0.05, 0.1) is 25.7 Å². The second-order valence-electron chi connectivity index (χ2n) is 4.40. The van der Waals surface area contributed by atoms with Crippen LogP contribution in [0, 0.1) is 5.92 Å². The minimum absolute atomic E-state index is 0.0583. The number of aliphatic hydroxyl groups excluding tert-OH is 1. The summed E-state index contributed by atoms with van der Waals surface area (Å²) < 4.78 is 5.00. The number of nitrogens with zero attached hydrogens (tertiary/aromatic N) is 1. The monoisotopic (exact) mass is 258 g/mol. The molecule has 0 bridgehead atoms. The van der Waals surface area contributed by atoms with Crippen LogP contribution in [0.3, 0.4) is 0 Å². The first kappa shape index (κ1) is 14.9. The molecule has 18 heavy (non-hydrogen) atoms. The SMILES string of the molecule is CCOC(=O)C1CCCN(CC(=O)NCCO)C1. The zero-order valence-electron chi connectivity index (χ0n) is 10.9. The molecule has 1 fully saturated rings. The van der Waals surface area contributed by atoms with E-state index in [1.165, 1.54) is 0 Å². The molecule has 1 heterocycles. The summed E-state index contributed by atoms with van der Waals surface area (Å²) >= 11 is 0. The number of aliphatic hydroxyl groups is 1. The van der Waals surface area contributed by atoms with Crippen LogP contribution in [0.5, 0.6) is 0 Å². The third kappa shape index (κ3) is 5.01. The summed E-state index contributed by atoms with van der Waals surface area (Å²) in [5, 5.41) is 11.2. The maximum atomic E-state index is 11.6. The lowest BCUT2D eigenvalue weighted by Gasteiger charge is -2.30. The lowest BCUT2D eigenvalue weighted by molar-refractivity contribution is -0.150. The molecule has 1 unspecified atom stereocenters. The van der Waals surface area contributed by atoms with Crippen molar-refractivity contribution in [2.45, 2.75) is 19.8 Å². The van der Waals surface area contributed by atoms with Gasteiger partial charge in [-0.2, -0.15) is 0 Å². The Hall–Kier alpha value is -1.14. The maximum absolute atomic E-state index is 11.6. The van der Waals surface area contributed by atoms with Crippen LogP contribution in [0.4, 0.5) is 0 Å². The Morgan fingerprint density at radius 1 is 1.50 bits per heavy atom. The number of piperidine rings is 1. The van der Waals surface area contributed by atoms with E-state index >= 15 is 0 Å². The molecule has 1 amide bonds. The second-order valence-corrected chi connectivity index (χ2v) is 4.40. The third-order valence-corrected chi connectivity index (χ3v) is 2.93. The van der Waals surface area contributed by atoms with Gasteiger partial charge in [0.25, 0.3) is 0 Å². The molecule has 6 nitrogen and oxygen atoms in total. The van der Waals surface area contributed by atoms with E-state index in [0.717, 1.165) is 19.4 Å². The summed E-state index contributed by atoms with van der Waals surface area (Å²) in [6, 6.07) is 0. The molecule has 1 saturated heterocycles. The average Bonchev–Trinajstić information content (AvgIpc) is 2.37. The number of likely N-dealkylation sites (tertiary alicyclic amines) is 1. The van der Waals surface area contributed by atoms with Gasteiger partial charge in [-0.15, -0.1) is 0 Å². The Kier molecular flexibility index (Phi) is 6.67. The first-order chi connectivity index (χ1) is 8.67. The molecule has 0 aliphatic carbocycles. The number of rotatable bonds is 6. The first-order valence-electron chi connectivity index (χ1n) is 6.44. The summed E-state index contributed by atoms with van der Waals surface area (Å²) in [7, 11) is 0. The molecule has 0 saturated carbocycles. The molecule has 0 radical (unpaired) electrons. The van der Waals surface area contributed by atoms with Gasteiger partial charge in [0.2, 0.25) is 5.91 Å². The molecule has 0 spiro atoms. The molecule has 0 aromatic carbocycles. The number of hydrogen-bond acceptors (Lipinski definition) is 5. The van der Waals surface area contributed by atoms with Crippen molar-refractivity contribution < 1.29 is 19.4 Å². The maximum Gasteiger partial charge on any atom is 0.310 e. The zero-order valence-corrected chi connectivity index (χ0v) is 10.9. The van der Waals surface area contributed by atoms with Crippen molar-refractivity contribution in [1.29, 1.82) is 0 Å². The van der Waals surface area contributed by atoms with E-state index in [2.05, 4.69) is 5.32 Å². The van der Waals surface area contributed by atoms with Crippen molar-refractivity contribution in [1.82, 2.24) is 10.2 Å². The number of carbonyl (C=O) groups is 2. The fourth-order valence-corrected chi connectivity index (χ4v) is 2.11. The van der Waals surface area contributed by atoms with Crippen molar-refractivity contribution in [3.05, 3.63) is 0 Å². The minimum Gasteiger partial charge on any atom is -0.466 e. The number of hydrogen-bond donors (Lipinski definition) is 2. The van der Waals surface area contributed by atoms with Gasteiger partial charge in [-0.05, 0) is 26.3 Å². The minimum atomic E-state index is -0.169. The molecule has 104 valence electrons. The highest BCUT2D eigenvalue weighted by molar-refractivity contribution is 5.78. The van der Waals surface area contributed by atoms with Gasteiger partial charge in [-0.3, -0.25) is 14.5 Å². The van der Waals surface area contributed by atoms with E-state index in [9.17, 15) is 9.59 Å². The highest BCUT2D eigenvalue weighted by Crippen LogP contribution is 2.17. The highest BCUT2D eigenvalue weighted by Gasteiger charge is 2.27. The molecular weight excluding hydrogens is 236 g/mol. The standard InChI is InChI=1S/C12H22N2O4/c1-2-18-12(17)10-4-3-6-14(8-10)9-11(16)13-5-7-15/h10,15H,2-9H2,1H3,(H,13,16). The van der Waals surface area contributed by atoms with Crippen LogP contribution in [0.15, 0.2) is 0 Å². The van der Waals surface area contributed by atoms with E-state index in [-0.39, 0.29) is 37.5 Å². The van der Waals surface area contributed by atoms with Gasteiger partial charge >= 0.3 is 5.97 Å². The molecule has 1 aliphatic rings. The van der Waals surface area contributed by atoms with Crippen LogP contribution in [0.2, 0.25) is 0 Å². The number of esters is 1. The largest absolute Gasteiger partial charge is 0.466 e. The van der Waals surface area contributed by atoms with E-state index in [4.69, 9.17) is 9.84 Å². The van der Waals surface area contributed by atoms with Gasteiger partial charge in [0, 0.05) is 13.1 Å². The number of nitrogens with one attached hydrogen (secondary N) is 1. The fraction of sp³-hybridized carbons (Fsp3) is 0.833. The predicted molar refractivity (Wildman–Crippen MR) is 65.9 cm³/mol. The summed E-state index contributed by atoms with van der Waals surface area (Å²) in [6.45, 7) is 4.07. The van der Waals surface area contributed by atoms with Crippen molar-refractivity contribution in [2.75, 3.05) is 39.4 Å². The van der Waals surface area contributed by atoms with Gasteiger partial charge in [0.15, 0.2) is 0 Å². The fourth-order valence-electron chi connectivity index (χ4n) is 2.11. The van der Waals surface area contributed by atoms with Crippen molar-refractivity contribution in [3.63, 3.8) is 0 Å². The molecule has 0 aromatic rings.